The normalized spacial score (nSPS) is 11.8. The third kappa shape index (κ3) is 3.92. The van der Waals surface area contributed by atoms with Crippen molar-refractivity contribution in [2.45, 2.75) is 19.9 Å². The standard InChI is InChI=1S/C13H20N2O3/c1-4-15-13(16)8-18-12-7-10(17-3)5-6-11(12)9(2)14/h5-7,9H,4,8,14H2,1-3H3,(H,15,16). The number of carbonyl (C=O) groups excluding carboxylic acids is 1. The highest BCUT2D eigenvalue weighted by molar-refractivity contribution is 5.77. The summed E-state index contributed by atoms with van der Waals surface area (Å²) in [6.45, 7) is 4.28. The summed E-state index contributed by atoms with van der Waals surface area (Å²) in [5.74, 6) is 1.09. The number of carbonyl (C=O) groups is 1. The topological polar surface area (TPSA) is 73.6 Å². The van der Waals surface area contributed by atoms with E-state index in [1.54, 1.807) is 13.2 Å². The zero-order valence-electron chi connectivity index (χ0n) is 11.0. The van der Waals surface area contributed by atoms with Gasteiger partial charge in [0.05, 0.1) is 7.11 Å². The first kappa shape index (κ1) is 14.3. The minimum Gasteiger partial charge on any atom is -0.497 e. The van der Waals surface area contributed by atoms with Crippen LogP contribution in [0.25, 0.3) is 0 Å². The SMILES string of the molecule is CCNC(=O)COc1cc(OC)ccc1C(C)N. The Morgan fingerprint density at radius 2 is 2.22 bits per heavy atom. The molecule has 3 N–H and O–H groups in total. The molecule has 1 unspecified atom stereocenters. The largest absolute Gasteiger partial charge is 0.497 e. The van der Waals surface area contributed by atoms with Crippen LogP contribution in [0.1, 0.15) is 25.5 Å². The number of rotatable bonds is 6. The number of likely N-dealkylation sites (N-methyl/N-ethyl adjacent to an activating group) is 1. The lowest BCUT2D eigenvalue weighted by Crippen LogP contribution is -2.28. The molecule has 100 valence electrons. The molecule has 1 atom stereocenters. The molecule has 1 aromatic carbocycles. The van der Waals surface area contributed by atoms with E-state index >= 15 is 0 Å². The van der Waals surface area contributed by atoms with Gasteiger partial charge in [-0.15, -0.1) is 0 Å². The van der Waals surface area contributed by atoms with E-state index in [1.165, 1.54) is 0 Å². The number of nitrogens with two attached hydrogens (primary N) is 1. The van der Waals surface area contributed by atoms with Crippen molar-refractivity contribution in [1.82, 2.24) is 5.32 Å². The van der Waals surface area contributed by atoms with Gasteiger partial charge in [0.1, 0.15) is 11.5 Å². The summed E-state index contributed by atoms with van der Waals surface area (Å²) in [7, 11) is 1.58. The first-order chi connectivity index (χ1) is 8.58. The third-order valence-electron chi connectivity index (χ3n) is 2.44. The predicted octanol–water partition coefficient (Wildman–Crippen LogP) is 1.23. The number of amides is 1. The van der Waals surface area contributed by atoms with E-state index in [2.05, 4.69) is 5.32 Å². The maximum atomic E-state index is 11.4. The molecule has 0 radical (unpaired) electrons. The van der Waals surface area contributed by atoms with Crippen LogP contribution in [0.4, 0.5) is 0 Å². The minimum atomic E-state index is -0.167. The molecule has 0 spiro atoms. The highest BCUT2D eigenvalue weighted by Gasteiger charge is 2.11. The molecule has 5 heteroatoms. The van der Waals surface area contributed by atoms with Gasteiger partial charge < -0.3 is 20.5 Å². The molecule has 5 nitrogen and oxygen atoms in total. The summed E-state index contributed by atoms with van der Waals surface area (Å²) >= 11 is 0. The average molecular weight is 252 g/mol. The molecule has 0 aromatic heterocycles. The van der Waals surface area contributed by atoms with Crippen LogP contribution in [0.3, 0.4) is 0 Å². The predicted molar refractivity (Wildman–Crippen MR) is 69.8 cm³/mol. The van der Waals surface area contributed by atoms with Crippen LogP contribution in [0.15, 0.2) is 18.2 Å². The van der Waals surface area contributed by atoms with Gasteiger partial charge in [-0.1, -0.05) is 6.07 Å². The van der Waals surface area contributed by atoms with Crippen LogP contribution in [-0.4, -0.2) is 26.2 Å². The van der Waals surface area contributed by atoms with Gasteiger partial charge in [0, 0.05) is 24.2 Å². The van der Waals surface area contributed by atoms with Gasteiger partial charge in [0.15, 0.2) is 6.61 Å². The Morgan fingerprint density at radius 1 is 1.50 bits per heavy atom. The molecule has 0 aliphatic heterocycles. The van der Waals surface area contributed by atoms with Gasteiger partial charge in [-0.05, 0) is 19.9 Å². The Morgan fingerprint density at radius 3 is 2.78 bits per heavy atom. The van der Waals surface area contributed by atoms with Crippen molar-refractivity contribution in [2.24, 2.45) is 5.73 Å². The molecule has 0 fully saturated rings. The van der Waals surface area contributed by atoms with Gasteiger partial charge in [-0.25, -0.2) is 0 Å². The molecule has 0 saturated carbocycles. The van der Waals surface area contributed by atoms with Crippen molar-refractivity contribution in [2.75, 3.05) is 20.3 Å². The Bertz CT molecular complexity index is 405. The van der Waals surface area contributed by atoms with Crippen LogP contribution in [0.5, 0.6) is 11.5 Å². The van der Waals surface area contributed by atoms with E-state index in [0.717, 1.165) is 5.56 Å². The molecule has 1 aromatic rings. The van der Waals surface area contributed by atoms with Crippen LogP contribution >= 0.6 is 0 Å². The van der Waals surface area contributed by atoms with E-state index < -0.39 is 0 Å². The van der Waals surface area contributed by atoms with E-state index in [-0.39, 0.29) is 18.6 Å². The summed E-state index contributed by atoms with van der Waals surface area (Å²) in [6.07, 6.45) is 0. The van der Waals surface area contributed by atoms with Crippen molar-refractivity contribution in [3.63, 3.8) is 0 Å². The van der Waals surface area contributed by atoms with Gasteiger partial charge in [0.2, 0.25) is 0 Å². The Labute approximate surface area is 107 Å². The van der Waals surface area contributed by atoms with E-state index in [4.69, 9.17) is 15.2 Å². The third-order valence-corrected chi connectivity index (χ3v) is 2.44. The van der Waals surface area contributed by atoms with Gasteiger partial charge >= 0.3 is 0 Å². The summed E-state index contributed by atoms with van der Waals surface area (Å²) in [5, 5.41) is 2.67. The maximum absolute atomic E-state index is 11.4. The van der Waals surface area contributed by atoms with Crippen molar-refractivity contribution in [1.29, 1.82) is 0 Å². The first-order valence-corrected chi connectivity index (χ1v) is 5.91. The summed E-state index contributed by atoms with van der Waals surface area (Å²) in [6, 6.07) is 5.23. The molecule has 0 saturated heterocycles. The highest BCUT2D eigenvalue weighted by atomic mass is 16.5. The zero-order valence-corrected chi connectivity index (χ0v) is 11.0. The number of hydrogen-bond donors (Lipinski definition) is 2. The minimum absolute atomic E-state index is 0.0271. The molecular formula is C13H20N2O3. The Hall–Kier alpha value is -1.75. The Balaban J connectivity index is 2.80. The lowest BCUT2D eigenvalue weighted by Gasteiger charge is -2.15. The monoisotopic (exact) mass is 252 g/mol. The Kier molecular flexibility index (Phi) is 5.45. The lowest BCUT2D eigenvalue weighted by molar-refractivity contribution is -0.123. The van der Waals surface area contributed by atoms with Crippen molar-refractivity contribution in [3.8, 4) is 11.5 Å². The van der Waals surface area contributed by atoms with Crippen molar-refractivity contribution < 1.29 is 14.3 Å². The first-order valence-electron chi connectivity index (χ1n) is 5.91. The second kappa shape index (κ2) is 6.86. The molecular weight excluding hydrogens is 232 g/mol. The molecule has 0 aliphatic carbocycles. The number of methoxy groups -OCH3 is 1. The van der Waals surface area contributed by atoms with Gasteiger partial charge in [0.25, 0.3) is 5.91 Å². The fourth-order valence-electron chi connectivity index (χ4n) is 1.53. The number of hydrogen-bond acceptors (Lipinski definition) is 4. The molecule has 0 heterocycles. The van der Waals surface area contributed by atoms with Crippen LogP contribution in [0, 0.1) is 0 Å². The second-order valence-corrected chi connectivity index (χ2v) is 3.93. The summed E-state index contributed by atoms with van der Waals surface area (Å²) in [4.78, 5) is 11.4. The lowest BCUT2D eigenvalue weighted by atomic mass is 10.1. The van der Waals surface area contributed by atoms with E-state index in [1.807, 2.05) is 26.0 Å². The number of ether oxygens (including phenoxy) is 2. The highest BCUT2D eigenvalue weighted by Crippen LogP contribution is 2.28. The molecule has 0 bridgehead atoms. The average Bonchev–Trinajstić information content (AvgIpc) is 2.36. The molecule has 18 heavy (non-hydrogen) atoms. The van der Waals surface area contributed by atoms with Crippen molar-refractivity contribution >= 4 is 5.91 Å². The van der Waals surface area contributed by atoms with E-state index in [9.17, 15) is 4.79 Å². The van der Waals surface area contributed by atoms with Crippen LogP contribution in [-0.2, 0) is 4.79 Å². The second-order valence-electron chi connectivity index (χ2n) is 3.93. The maximum Gasteiger partial charge on any atom is 0.257 e. The smallest absolute Gasteiger partial charge is 0.257 e. The number of nitrogens with one attached hydrogen (secondary N) is 1. The fraction of sp³-hybridized carbons (Fsp3) is 0.462. The van der Waals surface area contributed by atoms with Gasteiger partial charge in [-0.3, -0.25) is 4.79 Å². The van der Waals surface area contributed by atoms with Crippen molar-refractivity contribution in [3.05, 3.63) is 23.8 Å². The molecule has 1 amide bonds. The number of benzene rings is 1. The van der Waals surface area contributed by atoms with E-state index in [0.29, 0.717) is 18.0 Å². The fourth-order valence-corrected chi connectivity index (χ4v) is 1.53. The summed E-state index contributed by atoms with van der Waals surface area (Å²) in [5.41, 5.74) is 6.70. The zero-order chi connectivity index (χ0) is 13.5. The van der Waals surface area contributed by atoms with Crippen LogP contribution < -0.4 is 20.5 Å². The van der Waals surface area contributed by atoms with Crippen LogP contribution in [0.2, 0.25) is 0 Å². The quantitative estimate of drug-likeness (QED) is 0.798. The summed E-state index contributed by atoms with van der Waals surface area (Å²) < 4.78 is 10.6. The molecule has 0 aliphatic rings. The van der Waals surface area contributed by atoms with Gasteiger partial charge in [-0.2, -0.15) is 0 Å². The molecule has 1 rings (SSSR count).